The van der Waals surface area contributed by atoms with Crippen molar-refractivity contribution in [1.82, 2.24) is 0 Å². The van der Waals surface area contributed by atoms with Gasteiger partial charge in [0, 0.05) is 0 Å². The fourth-order valence-corrected chi connectivity index (χ4v) is 2.02. The lowest BCUT2D eigenvalue weighted by molar-refractivity contribution is 0.0701. The number of aromatic carboxylic acids is 1. The van der Waals surface area contributed by atoms with Gasteiger partial charge < -0.3 is 5.11 Å². The Balaban J connectivity index is 2.68. The molecule has 0 amide bonds. The van der Waals surface area contributed by atoms with Crippen molar-refractivity contribution >= 4 is 17.3 Å². The SMILES string of the molecule is CC(C)(C)CCc1ccsc1C(=O)O. The summed E-state index contributed by atoms with van der Waals surface area (Å²) in [4.78, 5) is 11.3. The van der Waals surface area contributed by atoms with E-state index in [0.717, 1.165) is 18.4 Å². The van der Waals surface area contributed by atoms with Crippen molar-refractivity contribution in [3.05, 3.63) is 21.9 Å². The second kappa shape index (κ2) is 4.13. The molecule has 0 aliphatic heterocycles. The van der Waals surface area contributed by atoms with E-state index in [4.69, 9.17) is 5.11 Å². The Labute approximate surface area is 88.6 Å². The smallest absolute Gasteiger partial charge is 0.346 e. The lowest BCUT2D eigenvalue weighted by atomic mass is 9.89. The number of aryl methyl sites for hydroxylation is 1. The summed E-state index contributed by atoms with van der Waals surface area (Å²) in [6, 6.07) is 1.92. The second-order valence-corrected chi connectivity index (χ2v) is 5.56. The zero-order valence-electron chi connectivity index (χ0n) is 8.83. The van der Waals surface area contributed by atoms with E-state index in [1.165, 1.54) is 11.3 Å². The van der Waals surface area contributed by atoms with Gasteiger partial charge in [-0.15, -0.1) is 11.3 Å². The van der Waals surface area contributed by atoms with Gasteiger partial charge in [-0.3, -0.25) is 0 Å². The van der Waals surface area contributed by atoms with Crippen molar-refractivity contribution in [3.63, 3.8) is 0 Å². The Morgan fingerprint density at radius 3 is 2.64 bits per heavy atom. The molecule has 2 nitrogen and oxygen atoms in total. The Hall–Kier alpha value is -0.830. The highest BCUT2D eigenvalue weighted by Gasteiger charge is 2.15. The van der Waals surface area contributed by atoms with Gasteiger partial charge in [0.2, 0.25) is 0 Å². The zero-order chi connectivity index (χ0) is 10.8. The Morgan fingerprint density at radius 1 is 1.50 bits per heavy atom. The number of hydrogen-bond donors (Lipinski definition) is 1. The molecule has 1 N–H and O–H groups in total. The van der Waals surface area contributed by atoms with Crippen LogP contribution in [0.2, 0.25) is 0 Å². The number of hydrogen-bond acceptors (Lipinski definition) is 2. The fraction of sp³-hybridized carbons (Fsp3) is 0.545. The minimum absolute atomic E-state index is 0.262. The Morgan fingerprint density at radius 2 is 2.14 bits per heavy atom. The van der Waals surface area contributed by atoms with Crippen LogP contribution in [0.1, 0.15) is 42.4 Å². The molecule has 0 fully saturated rings. The first-order chi connectivity index (χ1) is 6.40. The summed E-state index contributed by atoms with van der Waals surface area (Å²) in [5.41, 5.74) is 1.23. The molecule has 0 saturated heterocycles. The van der Waals surface area contributed by atoms with Gasteiger partial charge in [0.25, 0.3) is 0 Å². The highest BCUT2D eigenvalue weighted by molar-refractivity contribution is 7.12. The Kier molecular flexibility index (Phi) is 3.32. The maximum atomic E-state index is 10.8. The monoisotopic (exact) mass is 212 g/mol. The van der Waals surface area contributed by atoms with Crippen LogP contribution in [0.3, 0.4) is 0 Å². The number of carboxylic acid groups (broad SMARTS) is 1. The van der Waals surface area contributed by atoms with Crippen molar-refractivity contribution in [2.24, 2.45) is 5.41 Å². The molecule has 0 unspecified atom stereocenters. The number of carboxylic acids is 1. The zero-order valence-corrected chi connectivity index (χ0v) is 9.65. The maximum Gasteiger partial charge on any atom is 0.346 e. The highest BCUT2D eigenvalue weighted by Crippen LogP contribution is 2.25. The van der Waals surface area contributed by atoms with Crippen molar-refractivity contribution < 1.29 is 9.90 Å². The molecule has 0 spiro atoms. The van der Waals surface area contributed by atoms with Crippen LogP contribution in [-0.4, -0.2) is 11.1 Å². The molecule has 14 heavy (non-hydrogen) atoms. The van der Waals surface area contributed by atoms with Crippen LogP contribution in [0.25, 0.3) is 0 Å². The van der Waals surface area contributed by atoms with E-state index in [2.05, 4.69) is 20.8 Å². The summed E-state index contributed by atoms with van der Waals surface area (Å²) < 4.78 is 0. The number of carbonyl (C=O) groups is 1. The summed E-state index contributed by atoms with van der Waals surface area (Å²) in [7, 11) is 0. The molecular weight excluding hydrogens is 196 g/mol. The summed E-state index contributed by atoms with van der Waals surface area (Å²) in [5.74, 6) is -0.802. The average Bonchev–Trinajstić information content (AvgIpc) is 2.46. The van der Waals surface area contributed by atoms with E-state index >= 15 is 0 Å². The number of rotatable bonds is 3. The molecule has 0 aliphatic rings. The molecule has 0 radical (unpaired) electrons. The molecule has 3 heteroatoms. The molecule has 78 valence electrons. The topological polar surface area (TPSA) is 37.3 Å². The molecule has 1 aromatic heterocycles. The minimum Gasteiger partial charge on any atom is -0.477 e. The third-order valence-electron chi connectivity index (χ3n) is 2.09. The maximum absolute atomic E-state index is 10.8. The van der Waals surface area contributed by atoms with E-state index in [9.17, 15) is 4.79 Å². The van der Waals surface area contributed by atoms with Crippen molar-refractivity contribution in [1.29, 1.82) is 0 Å². The Bertz CT molecular complexity index is 320. The fourth-order valence-electron chi connectivity index (χ4n) is 1.23. The van der Waals surface area contributed by atoms with E-state index < -0.39 is 5.97 Å². The summed E-state index contributed by atoms with van der Waals surface area (Å²) >= 11 is 1.31. The van der Waals surface area contributed by atoms with Crippen LogP contribution < -0.4 is 0 Å². The molecule has 0 atom stereocenters. The predicted octanol–water partition coefficient (Wildman–Crippen LogP) is 3.43. The van der Waals surface area contributed by atoms with Crippen LogP contribution >= 0.6 is 11.3 Å². The van der Waals surface area contributed by atoms with Crippen LogP contribution in [0.15, 0.2) is 11.4 Å². The van der Waals surface area contributed by atoms with Crippen LogP contribution in [0.5, 0.6) is 0 Å². The third kappa shape index (κ3) is 3.14. The van der Waals surface area contributed by atoms with Crippen molar-refractivity contribution in [2.45, 2.75) is 33.6 Å². The first kappa shape index (κ1) is 11.2. The molecule has 0 aromatic carbocycles. The molecule has 0 bridgehead atoms. The molecule has 0 saturated carbocycles. The minimum atomic E-state index is -0.802. The predicted molar refractivity (Wildman–Crippen MR) is 59.1 cm³/mol. The third-order valence-corrected chi connectivity index (χ3v) is 3.03. The van der Waals surface area contributed by atoms with Crippen molar-refractivity contribution in [2.75, 3.05) is 0 Å². The van der Waals surface area contributed by atoms with Gasteiger partial charge in [0.15, 0.2) is 0 Å². The van der Waals surface area contributed by atoms with Gasteiger partial charge in [0.05, 0.1) is 0 Å². The molecule has 1 heterocycles. The molecule has 1 rings (SSSR count). The summed E-state index contributed by atoms with van der Waals surface area (Å²) in [6.07, 6.45) is 1.87. The van der Waals surface area contributed by atoms with Crippen molar-refractivity contribution in [3.8, 4) is 0 Å². The molecular formula is C11H16O2S. The lowest BCUT2D eigenvalue weighted by Crippen LogP contribution is -2.07. The largest absolute Gasteiger partial charge is 0.477 e. The van der Waals surface area contributed by atoms with Crippen LogP contribution in [-0.2, 0) is 6.42 Å². The van der Waals surface area contributed by atoms with E-state index in [-0.39, 0.29) is 5.41 Å². The standard InChI is InChI=1S/C11H16O2S/c1-11(2,3)6-4-8-5-7-14-9(8)10(12)13/h5,7H,4,6H2,1-3H3,(H,12,13). The second-order valence-electron chi connectivity index (χ2n) is 4.64. The van der Waals surface area contributed by atoms with Gasteiger partial charge in [-0.05, 0) is 35.3 Å². The average molecular weight is 212 g/mol. The van der Waals surface area contributed by atoms with Gasteiger partial charge >= 0.3 is 5.97 Å². The van der Waals surface area contributed by atoms with E-state index in [1.54, 1.807) is 0 Å². The summed E-state index contributed by atoms with van der Waals surface area (Å²) in [6.45, 7) is 6.50. The van der Waals surface area contributed by atoms with E-state index in [1.807, 2.05) is 11.4 Å². The van der Waals surface area contributed by atoms with Gasteiger partial charge in [-0.25, -0.2) is 4.79 Å². The highest BCUT2D eigenvalue weighted by atomic mass is 32.1. The quantitative estimate of drug-likeness (QED) is 0.833. The van der Waals surface area contributed by atoms with E-state index in [0.29, 0.717) is 4.88 Å². The van der Waals surface area contributed by atoms with Gasteiger partial charge in [-0.2, -0.15) is 0 Å². The summed E-state index contributed by atoms with van der Waals surface area (Å²) in [5, 5.41) is 10.7. The normalized spacial score (nSPS) is 11.6. The first-order valence-electron chi connectivity index (χ1n) is 4.70. The van der Waals surface area contributed by atoms with Gasteiger partial charge in [0.1, 0.15) is 4.88 Å². The van der Waals surface area contributed by atoms with Crippen LogP contribution in [0, 0.1) is 5.41 Å². The number of thiophene rings is 1. The molecule has 0 aliphatic carbocycles. The van der Waals surface area contributed by atoms with Gasteiger partial charge in [-0.1, -0.05) is 20.8 Å². The van der Waals surface area contributed by atoms with Crippen LogP contribution in [0.4, 0.5) is 0 Å². The first-order valence-corrected chi connectivity index (χ1v) is 5.58. The lowest BCUT2D eigenvalue weighted by Gasteiger charge is -2.17. The molecule has 1 aromatic rings.